The fourth-order valence-electron chi connectivity index (χ4n) is 3.06. The smallest absolute Gasteiger partial charge is 0.228 e. The van der Waals surface area contributed by atoms with Crippen LogP contribution in [0.25, 0.3) is 10.8 Å². The maximum Gasteiger partial charge on any atom is 0.228 e. The predicted octanol–water partition coefficient (Wildman–Crippen LogP) is 2.71. The van der Waals surface area contributed by atoms with E-state index in [-0.39, 0.29) is 5.91 Å². The Morgan fingerprint density at radius 1 is 1.52 bits per heavy atom. The lowest BCUT2D eigenvalue weighted by molar-refractivity contribution is -0.132. The van der Waals surface area contributed by atoms with Crippen molar-refractivity contribution in [2.45, 2.75) is 26.2 Å². The van der Waals surface area contributed by atoms with Gasteiger partial charge in [0.2, 0.25) is 5.91 Å². The summed E-state index contributed by atoms with van der Waals surface area (Å²) >= 11 is 1.53. The number of carbonyl (C=O) groups is 1. The average molecular weight is 333 g/mol. The molecule has 1 N–H and O–H groups in total. The summed E-state index contributed by atoms with van der Waals surface area (Å²) < 4.78 is 5.59. The topological polar surface area (TPSA) is 58.4 Å². The number of aromatic nitrogens is 1. The molecule has 3 heterocycles. The van der Waals surface area contributed by atoms with E-state index in [9.17, 15) is 4.79 Å². The molecule has 0 spiro atoms. The molecule has 23 heavy (non-hydrogen) atoms. The molecule has 0 radical (unpaired) electrons. The first-order chi connectivity index (χ1) is 11.2. The number of likely N-dealkylation sites (tertiary alicyclic amines) is 1. The second kappa shape index (κ2) is 7.27. The minimum Gasteiger partial charge on any atom is -0.459 e. The first-order valence-corrected chi connectivity index (χ1v) is 8.97. The van der Waals surface area contributed by atoms with Gasteiger partial charge in [0.1, 0.15) is 5.76 Å². The van der Waals surface area contributed by atoms with Crippen molar-refractivity contribution in [3.05, 3.63) is 29.0 Å². The normalized spacial score (nSPS) is 18.3. The molecule has 2 aromatic rings. The Balaban J connectivity index is 1.61. The lowest BCUT2D eigenvalue weighted by atomic mass is 9.98. The largest absolute Gasteiger partial charge is 0.459 e. The van der Waals surface area contributed by atoms with Crippen LogP contribution < -0.4 is 5.32 Å². The standard InChI is InChI=1S/C17H23N3O2S/c1-12-5-6-15(22-12)17-19-14(11-23-17)8-16(21)20-7-3-4-13(10-20)9-18-2/h5-6,11,13,18H,3-4,7-10H2,1-2H3. The van der Waals surface area contributed by atoms with E-state index in [2.05, 4.69) is 10.3 Å². The zero-order valence-corrected chi connectivity index (χ0v) is 14.5. The molecule has 1 fully saturated rings. The molecule has 0 aliphatic carbocycles. The van der Waals surface area contributed by atoms with Crippen LogP contribution in [0.3, 0.4) is 0 Å². The highest BCUT2D eigenvalue weighted by Gasteiger charge is 2.23. The lowest BCUT2D eigenvalue weighted by Crippen LogP contribution is -2.43. The first kappa shape index (κ1) is 16.2. The van der Waals surface area contributed by atoms with E-state index in [1.165, 1.54) is 17.8 Å². The highest BCUT2D eigenvalue weighted by Crippen LogP contribution is 2.26. The van der Waals surface area contributed by atoms with Gasteiger partial charge in [0.15, 0.2) is 10.8 Å². The summed E-state index contributed by atoms with van der Waals surface area (Å²) in [6, 6.07) is 3.85. The zero-order valence-electron chi connectivity index (χ0n) is 13.7. The fraction of sp³-hybridized carbons (Fsp3) is 0.529. The molecule has 1 aliphatic heterocycles. The van der Waals surface area contributed by atoms with Gasteiger partial charge in [-0.1, -0.05) is 0 Å². The number of carbonyl (C=O) groups excluding carboxylic acids is 1. The number of hydrogen-bond donors (Lipinski definition) is 1. The van der Waals surface area contributed by atoms with Crippen LogP contribution in [0.15, 0.2) is 21.9 Å². The van der Waals surface area contributed by atoms with E-state index in [4.69, 9.17) is 4.42 Å². The fourth-order valence-corrected chi connectivity index (χ4v) is 3.84. The van der Waals surface area contributed by atoms with Gasteiger partial charge >= 0.3 is 0 Å². The molecule has 1 amide bonds. The molecule has 0 bridgehead atoms. The summed E-state index contributed by atoms with van der Waals surface area (Å²) in [4.78, 5) is 19.1. The van der Waals surface area contributed by atoms with Crippen molar-refractivity contribution in [1.29, 1.82) is 0 Å². The van der Waals surface area contributed by atoms with Crippen LogP contribution in [0.2, 0.25) is 0 Å². The minimum atomic E-state index is 0.179. The highest BCUT2D eigenvalue weighted by atomic mass is 32.1. The number of amides is 1. The van der Waals surface area contributed by atoms with Crippen LogP contribution in [0.1, 0.15) is 24.3 Å². The summed E-state index contributed by atoms with van der Waals surface area (Å²) in [5.41, 5.74) is 0.833. The number of furan rings is 1. The van der Waals surface area contributed by atoms with Crippen LogP contribution in [-0.2, 0) is 11.2 Å². The molecule has 124 valence electrons. The number of thiazole rings is 1. The van der Waals surface area contributed by atoms with Gasteiger partial charge in [0.25, 0.3) is 0 Å². The summed E-state index contributed by atoms with van der Waals surface area (Å²) in [5.74, 6) is 2.39. The third-order valence-corrected chi connectivity index (χ3v) is 5.11. The lowest BCUT2D eigenvalue weighted by Gasteiger charge is -2.32. The number of hydrogen-bond acceptors (Lipinski definition) is 5. The van der Waals surface area contributed by atoms with Gasteiger partial charge in [-0.05, 0) is 51.4 Å². The summed E-state index contributed by atoms with van der Waals surface area (Å²) in [5, 5.41) is 6.01. The molecule has 2 aromatic heterocycles. The van der Waals surface area contributed by atoms with Gasteiger partial charge in [-0.3, -0.25) is 4.79 Å². The number of aryl methyl sites for hydroxylation is 1. The Morgan fingerprint density at radius 2 is 2.39 bits per heavy atom. The molecular weight excluding hydrogens is 310 g/mol. The van der Waals surface area contributed by atoms with Crippen molar-refractivity contribution in [3.8, 4) is 10.8 Å². The van der Waals surface area contributed by atoms with Crippen molar-refractivity contribution in [3.63, 3.8) is 0 Å². The molecular formula is C17H23N3O2S. The van der Waals surface area contributed by atoms with Crippen molar-refractivity contribution in [2.75, 3.05) is 26.7 Å². The maximum atomic E-state index is 12.5. The van der Waals surface area contributed by atoms with E-state index < -0.39 is 0 Å². The second-order valence-electron chi connectivity index (χ2n) is 6.14. The van der Waals surface area contributed by atoms with E-state index in [1.54, 1.807) is 0 Å². The van der Waals surface area contributed by atoms with Crippen molar-refractivity contribution < 1.29 is 9.21 Å². The van der Waals surface area contributed by atoms with Gasteiger partial charge < -0.3 is 14.6 Å². The van der Waals surface area contributed by atoms with E-state index in [0.29, 0.717) is 12.3 Å². The van der Waals surface area contributed by atoms with Gasteiger partial charge in [0, 0.05) is 18.5 Å². The number of piperidine rings is 1. The Hall–Kier alpha value is -1.66. The number of nitrogens with one attached hydrogen (secondary N) is 1. The monoisotopic (exact) mass is 333 g/mol. The molecule has 1 aliphatic rings. The van der Waals surface area contributed by atoms with Crippen molar-refractivity contribution in [2.24, 2.45) is 5.92 Å². The van der Waals surface area contributed by atoms with Crippen LogP contribution in [0.4, 0.5) is 0 Å². The summed E-state index contributed by atoms with van der Waals surface area (Å²) in [6.07, 6.45) is 2.66. The molecule has 1 atom stereocenters. The van der Waals surface area contributed by atoms with Gasteiger partial charge in [-0.2, -0.15) is 0 Å². The molecule has 6 heteroatoms. The van der Waals surface area contributed by atoms with Crippen LogP contribution >= 0.6 is 11.3 Å². The third kappa shape index (κ3) is 4.00. The van der Waals surface area contributed by atoms with Crippen molar-refractivity contribution >= 4 is 17.2 Å². The third-order valence-electron chi connectivity index (χ3n) is 4.20. The Morgan fingerprint density at radius 3 is 3.13 bits per heavy atom. The van der Waals surface area contributed by atoms with Gasteiger partial charge in [-0.25, -0.2) is 4.98 Å². The average Bonchev–Trinajstić information content (AvgIpc) is 3.17. The molecule has 1 saturated heterocycles. The number of nitrogens with zero attached hydrogens (tertiary/aromatic N) is 2. The summed E-state index contributed by atoms with van der Waals surface area (Å²) in [7, 11) is 1.97. The molecule has 0 saturated carbocycles. The summed E-state index contributed by atoms with van der Waals surface area (Å²) in [6.45, 7) is 4.61. The molecule has 0 aromatic carbocycles. The van der Waals surface area contributed by atoms with Gasteiger partial charge in [-0.15, -0.1) is 11.3 Å². The van der Waals surface area contributed by atoms with Gasteiger partial charge in [0.05, 0.1) is 12.1 Å². The minimum absolute atomic E-state index is 0.179. The second-order valence-corrected chi connectivity index (χ2v) is 6.99. The zero-order chi connectivity index (χ0) is 16.2. The van der Waals surface area contributed by atoms with E-state index >= 15 is 0 Å². The first-order valence-electron chi connectivity index (χ1n) is 8.09. The highest BCUT2D eigenvalue weighted by molar-refractivity contribution is 7.13. The van der Waals surface area contributed by atoms with Crippen LogP contribution in [0.5, 0.6) is 0 Å². The van der Waals surface area contributed by atoms with E-state index in [1.807, 2.05) is 36.4 Å². The quantitative estimate of drug-likeness (QED) is 0.914. The predicted molar refractivity (Wildman–Crippen MR) is 91.5 cm³/mol. The Labute approximate surface area is 140 Å². The maximum absolute atomic E-state index is 12.5. The molecule has 5 nitrogen and oxygen atoms in total. The number of rotatable bonds is 5. The molecule has 3 rings (SSSR count). The Bertz CT molecular complexity index is 662. The SMILES string of the molecule is CNCC1CCCN(C(=O)Cc2csc(-c3ccc(C)o3)n2)C1. The van der Waals surface area contributed by atoms with E-state index in [0.717, 1.165) is 48.3 Å². The van der Waals surface area contributed by atoms with Crippen molar-refractivity contribution in [1.82, 2.24) is 15.2 Å². The molecule has 1 unspecified atom stereocenters. The van der Waals surface area contributed by atoms with Crippen LogP contribution in [0, 0.1) is 12.8 Å². The Kier molecular flexibility index (Phi) is 5.13. The van der Waals surface area contributed by atoms with Crippen LogP contribution in [-0.4, -0.2) is 42.5 Å².